The van der Waals surface area contributed by atoms with Crippen LogP contribution in [0.2, 0.25) is 0 Å². The van der Waals surface area contributed by atoms with Gasteiger partial charge in [-0.25, -0.2) is 9.78 Å². The first-order valence-electron chi connectivity index (χ1n) is 6.95. The van der Waals surface area contributed by atoms with Gasteiger partial charge in [0.1, 0.15) is 11.5 Å². The summed E-state index contributed by atoms with van der Waals surface area (Å²) in [7, 11) is 0. The van der Waals surface area contributed by atoms with Gasteiger partial charge in [0.25, 0.3) is 5.56 Å². The molecule has 21 heavy (non-hydrogen) atoms. The fraction of sp³-hybridized carbons (Fsp3) is 0.462. The van der Waals surface area contributed by atoms with E-state index < -0.39 is 11.2 Å². The minimum absolute atomic E-state index is 0.183. The van der Waals surface area contributed by atoms with Crippen molar-refractivity contribution in [3.8, 4) is 0 Å². The Balaban J connectivity index is 2.14. The van der Waals surface area contributed by atoms with E-state index in [0.717, 1.165) is 12.8 Å². The average Bonchev–Trinajstić information content (AvgIpc) is 2.95. The number of aromatic nitrogens is 4. The largest absolute Gasteiger partial charge is 0.383 e. The number of hydrogen-bond acceptors (Lipinski definition) is 5. The van der Waals surface area contributed by atoms with Gasteiger partial charge >= 0.3 is 5.69 Å². The highest BCUT2D eigenvalue weighted by Crippen LogP contribution is 2.10. The Morgan fingerprint density at radius 1 is 1.38 bits per heavy atom. The number of hydrogen-bond donors (Lipinski definition) is 3. The molecule has 8 heteroatoms. The second-order valence-corrected chi connectivity index (χ2v) is 4.75. The zero-order valence-electron chi connectivity index (χ0n) is 12.0. The maximum atomic E-state index is 11.8. The number of nitrogen functional groups attached to an aromatic ring is 1. The summed E-state index contributed by atoms with van der Waals surface area (Å²) in [6, 6.07) is 0. The van der Waals surface area contributed by atoms with Crippen LogP contribution >= 0.6 is 0 Å². The van der Waals surface area contributed by atoms with E-state index in [2.05, 4.69) is 15.3 Å². The molecule has 0 aliphatic heterocycles. The fourth-order valence-corrected chi connectivity index (χ4v) is 2.03. The lowest BCUT2D eigenvalue weighted by Gasteiger charge is -2.13. The molecule has 0 unspecified atom stereocenters. The van der Waals surface area contributed by atoms with Crippen LogP contribution in [-0.4, -0.2) is 25.6 Å². The van der Waals surface area contributed by atoms with Crippen LogP contribution < -0.4 is 22.3 Å². The lowest BCUT2D eigenvalue weighted by atomic mass is 10.3. The lowest BCUT2D eigenvalue weighted by Crippen LogP contribution is -2.34. The van der Waals surface area contributed by atoms with Crippen LogP contribution in [-0.2, 0) is 13.1 Å². The summed E-state index contributed by atoms with van der Waals surface area (Å²) in [5.41, 5.74) is 5.23. The summed E-state index contributed by atoms with van der Waals surface area (Å²) in [5, 5.41) is 2.99. The molecule has 0 aliphatic carbocycles. The third kappa shape index (κ3) is 3.53. The summed E-state index contributed by atoms with van der Waals surface area (Å²) < 4.78 is 3.27. The van der Waals surface area contributed by atoms with Gasteiger partial charge in [0.05, 0.1) is 6.33 Å². The van der Waals surface area contributed by atoms with Crippen molar-refractivity contribution in [3.63, 3.8) is 0 Å². The second-order valence-electron chi connectivity index (χ2n) is 4.75. The van der Waals surface area contributed by atoms with E-state index in [9.17, 15) is 9.59 Å². The third-order valence-electron chi connectivity index (χ3n) is 3.21. The molecule has 2 rings (SSSR count). The summed E-state index contributed by atoms with van der Waals surface area (Å²) in [6.07, 6.45) is 6.97. The number of nitrogens with zero attached hydrogens (tertiary/aromatic N) is 3. The Morgan fingerprint density at radius 3 is 2.86 bits per heavy atom. The number of nitrogens with one attached hydrogen (secondary N) is 2. The SMILES string of the molecule is CCCCn1c(N)c(NCCn2ccnc2)c(=O)[nH]c1=O. The highest BCUT2D eigenvalue weighted by atomic mass is 16.2. The zero-order valence-corrected chi connectivity index (χ0v) is 12.0. The smallest absolute Gasteiger partial charge is 0.330 e. The molecular weight excluding hydrogens is 272 g/mol. The molecule has 0 bridgehead atoms. The van der Waals surface area contributed by atoms with Crippen LogP contribution in [0, 0.1) is 0 Å². The molecule has 4 N–H and O–H groups in total. The van der Waals surface area contributed by atoms with Crippen LogP contribution in [0.4, 0.5) is 11.5 Å². The summed E-state index contributed by atoms with van der Waals surface area (Å²) in [5.74, 6) is 0.183. The topological polar surface area (TPSA) is 111 Å². The van der Waals surface area contributed by atoms with Crippen molar-refractivity contribution < 1.29 is 0 Å². The predicted molar refractivity (Wildman–Crippen MR) is 81.4 cm³/mol. The van der Waals surface area contributed by atoms with E-state index in [1.807, 2.05) is 17.7 Å². The predicted octanol–water partition coefficient (Wildman–Crippen LogP) is 0.228. The van der Waals surface area contributed by atoms with Gasteiger partial charge in [0.2, 0.25) is 0 Å². The first-order valence-corrected chi connectivity index (χ1v) is 6.95. The molecule has 0 fully saturated rings. The van der Waals surface area contributed by atoms with E-state index in [0.29, 0.717) is 19.6 Å². The molecule has 2 aromatic rings. The Hall–Kier alpha value is -2.51. The molecular formula is C13H20N6O2. The van der Waals surface area contributed by atoms with Crippen LogP contribution in [0.1, 0.15) is 19.8 Å². The molecule has 0 radical (unpaired) electrons. The first kappa shape index (κ1) is 14.9. The molecule has 2 aromatic heterocycles. The number of H-pyrrole nitrogens is 1. The molecule has 0 aromatic carbocycles. The monoisotopic (exact) mass is 292 g/mol. The van der Waals surface area contributed by atoms with E-state index in [4.69, 9.17) is 5.73 Å². The number of imidazole rings is 1. The van der Waals surface area contributed by atoms with Crippen molar-refractivity contribution >= 4 is 11.5 Å². The van der Waals surface area contributed by atoms with Gasteiger partial charge in [0, 0.05) is 32.0 Å². The molecule has 0 saturated carbocycles. The van der Waals surface area contributed by atoms with Gasteiger partial charge in [-0.3, -0.25) is 14.3 Å². The van der Waals surface area contributed by atoms with E-state index in [1.165, 1.54) is 4.57 Å². The minimum atomic E-state index is -0.490. The highest BCUT2D eigenvalue weighted by Gasteiger charge is 2.11. The van der Waals surface area contributed by atoms with Crippen molar-refractivity contribution in [1.29, 1.82) is 0 Å². The van der Waals surface area contributed by atoms with Crippen LogP contribution in [0.15, 0.2) is 28.3 Å². The summed E-state index contributed by atoms with van der Waals surface area (Å²) in [6.45, 7) is 3.67. The van der Waals surface area contributed by atoms with Gasteiger partial charge in [-0.15, -0.1) is 0 Å². The maximum absolute atomic E-state index is 11.8. The summed E-state index contributed by atoms with van der Waals surface area (Å²) in [4.78, 5) is 29.8. The van der Waals surface area contributed by atoms with Crippen molar-refractivity contribution in [3.05, 3.63) is 39.6 Å². The van der Waals surface area contributed by atoms with Crippen molar-refractivity contribution in [2.75, 3.05) is 17.6 Å². The van der Waals surface area contributed by atoms with Crippen LogP contribution in [0.3, 0.4) is 0 Å². The van der Waals surface area contributed by atoms with E-state index in [1.54, 1.807) is 12.5 Å². The average molecular weight is 292 g/mol. The Kier molecular flexibility index (Phi) is 4.81. The molecule has 2 heterocycles. The van der Waals surface area contributed by atoms with Gasteiger partial charge < -0.3 is 15.6 Å². The Bertz CT molecular complexity index is 686. The van der Waals surface area contributed by atoms with Crippen molar-refractivity contribution in [2.45, 2.75) is 32.9 Å². The standard InChI is InChI=1S/C13H20N6O2/c1-2-3-6-19-11(14)10(12(20)17-13(19)21)16-5-8-18-7-4-15-9-18/h4,7,9,16H,2-3,5-6,8,14H2,1H3,(H,17,20,21). The van der Waals surface area contributed by atoms with Gasteiger partial charge in [-0.1, -0.05) is 13.3 Å². The normalized spacial score (nSPS) is 10.7. The maximum Gasteiger partial charge on any atom is 0.330 e. The number of anilines is 2. The number of aromatic amines is 1. The van der Waals surface area contributed by atoms with Crippen molar-refractivity contribution in [2.24, 2.45) is 0 Å². The molecule has 0 aliphatic rings. The van der Waals surface area contributed by atoms with Crippen molar-refractivity contribution in [1.82, 2.24) is 19.1 Å². The first-order chi connectivity index (χ1) is 10.1. The molecule has 114 valence electrons. The molecule has 8 nitrogen and oxygen atoms in total. The highest BCUT2D eigenvalue weighted by molar-refractivity contribution is 5.60. The molecule has 0 amide bonds. The molecule has 0 spiro atoms. The van der Waals surface area contributed by atoms with Gasteiger partial charge in [-0.05, 0) is 6.42 Å². The van der Waals surface area contributed by atoms with Crippen LogP contribution in [0.5, 0.6) is 0 Å². The number of rotatable bonds is 7. The van der Waals surface area contributed by atoms with Crippen LogP contribution in [0.25, 0.3) is 0 Å². The fourth-order valence-electron chi connectivity index (χ4n) is 2.03. The minimum Gasteiger partial charge on any atom is -0.383 e. The number of nitrogens with two attached hydrogens (primary N) is 1. The Morgan fingerprint density at radius 2 is 2.19 bits per heavy atom. The second kappa shape index (κ2) is 6.78. The Labute approximate surface area is 121 Å². The third-order valence-corrected chi connectivity index (χ3v) is 3.21. The quantitative estimate of drug-likeness (QED) is 0.676. The lowest BCUT2D eigenvalue weighted by molar-refractivity contribution is 0.605. The number of unbranched alkanes of at least 4 members (excludes halogenated alkanes) is 1. The van der Waals surface area contributed by atoms with E-state index >= 15 is 0 Å². The van der Waals surface area contributed by atoms with E-state index in [-0.39, 0.29) is 11.5 Å². The zero-order chi connectivity index (χ0) is 15.2. The van der Waals surface area contributed by atoms with Gasteiger partial charge in [-0.2, -0.15) is 0 Å². The molecule has 0 saturated heterocycles. The summed E-state index contributed by atoms with van der Waals surface area (Å²) >= 11 is 0. The molecule has 0 atom stereocenters. The van der Waals surface area contributed by atoms with Gasteiger partial charge in [0.15, 0.2) is 0 Å².